The van der Waals surface area contributed by atoms with Crippen molar-refractivity contribution >= 4 is 19.7 Å². The molecule has 2 aromatic rings. The SMILES string of the molecule is O=S(=O)(Cl)c1ccc(OCc2ccc(F)cc2)cc1F. The molecule has 0 atom stereocenters. The molecule has 106 valence electrons. The Morgan fingerprint density at radius 3 is 2.25 bits per heavy atom. The summed E-state index contributed by atoms with van der Waals surface area (Å²) in [4.78, 5) is -0.603. The molecule has 3 nitrogen and oxygen atoms in total. The van der Waals surface area contributed by atoms with Crippen LogP contribution in [0.2, 0.25) is 0 Å². The summed E-state index contributed by atoms with van der Waals surface area (Å²) in [7, 11) is 0.938. The first-order valence-electron chi connectivity index (χ1n) is 5.48. The highest BCUT2D eigenvalue weighted by Crippen LogP contribution is 2.23. The Morgan fingerprint density at radius 1 is 1.05 bits per heavy atom. The van der Waals surface area contributed by atoms with Crippen molar-refractivity contribution in [1.29, 1.82) is 0 Å². The molecule has 0 unspecified atom stereocenters. The maximum Gasteiger partial charge on any atom is 0.264 e. The van der Waals surface area contributed by atoms with E-state index in [2.05, 4.69) is 0 Å². The van der Waals surface area contributed by atoms with Crippen molar-refractivity contribution in [2.45, 2.75) is 11.5 Å². The molecule has 0 aliphatic rings. The minimum atomic E-state index is -4.12. The van der Waals surface area contributed by atoms with Crippen LogP contribution < -0.4 is 4.74 Å². The van der Waals surface area contributed by atoms with Gasteiger partial charge in [0.25, 0.3) is 9.05 Å². The summed E-state index contributed by atoms with van der Waals surface area (Å²) < 4.78 is 53.6. The Hall–Kier alpha value is -1.66. The van der Waals surface area contributed by atoms with E-state index in [1.54, 1.807) is 0 Å². The van der Waals surface area contributed by atoms with Crippen LogP contribution in [0.15, 0.2) is 47.4 Å². The molecule has 0 spiro atoms. The Labute approximate surface area is 119 Å². The van der Waals surface area contributed by atoms with E-state index in [1.165, 1.54) is 30.3 Å². The van der Waals surface area contributed by atoms with Crippen molar-refractivity contribution in [2.75, 3.05) is 0 Å². The van der Waals surface area contributed by atoms with Crippen molar-refractivity contribution in [3.63, 3.8) is 0 Å². The van der Waals surface area contributed by atoms with Crippen LogP contribution in [-0.4, -0.2) is 8.42 Å². The maximum atomic E-state index is 13.5. The molecule has 0 heterocycles. The number of rotatable bonds is 4. The summed E-state index contributed by atoms with van der Waals surface area (Å²) in [5.74, 6) is -1.20. The lowest BCUT2D eigenvalue weighted by Crippen LogP contribution is -1.99. The summed E-state index contributed by atoms with van der Waals surface area (Å²) in [6.07, 6.45) is 0. The van der Waals surface area contributed by atoms with E-state index < -0.39 is 19.8 Å². The minimum absolute atomic E-state index is 0.104. The highest BCUT2D eigenvalue weighted by atomic mass is 35.7. The summed E-state index contributed by atoms with van der Waals surface area (Å²) in [6, 6.07) is 8.87. The van der Waals surface area contributed by atoms with Crippen LogP contribution in [0.25, 0.3) is 0 Å². The van der Waals surface area contributed by atoms with Crippen LogP contribution in [0.4, 0.5) is 8.78 Å². The molecular weight excluding hydrogens is 310 g/mol. The maximum absolute atomic E-state index is 13.5. The summed E-state index contributed by atoms with van der Waals surface area (Å²) in [5.41, 5.74) is 0.695. The molecule has 0 fully saturated rings. The second-order valence-electron chi connectivity index (χ2n) is 3.95. The van der Waals surface area contributed by atoms with E-state index in [4.69, 9.17) is 15.4 Å². The Kier molecular flexibility index (Phi) is 4.25. The summed E-state index contributed by atoms with van der Waals surface area (Å²) in [5, 5.41) is 0. The molecule has 0 amide bonds. The van der Waals surface area contributed by atoms with E-state index in [0.717, 1.165) is 12.1 Å². The van der Waals surface area contributed by atoms with Gasteiger partial charge in [0.15, 0.2) is 0 Å². The third-order valence-corrected chi connectivity index (χ3v) is 3.84. The minimum Gasteiger partial charge on any atom is -0.489 e. The van der Waals surface area contributed by atoms with Gasteiger partial charge in [-0.15, -0.1) is 0 Å². The van der Waals surface area contributed by atoms with E-state index in [1.807, 2.05) is 0 Å². The first-order chi connectivity index (χ1) is 9.36. The fraction of sp³-hybridized carbons (Fsp3) is 0.0769. The highest BCUT2D eigenvalue weighted by Gasteiger charge is 2.16. The van der Waals surface area contributed by atoms with E-state index >= 15 is 0 Å². The van der Waals surface area contributed by atoms with E-state index in [9.17, 15) is 17.2 Å². The molecule has 2 aromatic carbocycles. The molecule has 0 radical (unpaired) electrons. The molecule has 0 N–H and O–H groups in total. The molecule has 20 heavy (non-hydrogen) atoms. The number of hydrogen-bond donors (Lipinski definition) is 0. The van der Waals surface area contributed by atoms with Crippen molar-refractivity contribution in [3.05, 3.63) is 59.7 Å². The van der Waals surface area contributed by atoms with Gasteiger partial charge in [0.2, 0.25) is 0 Å². The van der Waals surface area contributed by atoms with Crippen LogP contribution >= 0.6 is 10.7 Å². The van der Waals surface area contributed by atoms with Crippen molar-refractivity contribution in [3.8, 4) is 5.75 Å². The highest BCUT2D eigenvalue weighted by molar-refractivity contribution is 8.13. The van der Waals surface area contributed by atoms with Gasteiger partial charge < -0.3 is 4.74 Å². The van der Waals surface area contributed by atoms with Gasteiger partial charge in [-0.25, -0.2) is 17.2 Å². The van der Waals surface area contributed by atoms with Gasteiger partial charge >= 0.3 is 0 Å². The Bertz CT molecular complexity index is 715. The Morgan fingerprint density at radius 2 is 1.70 bits per heavy atom. The molecule has 7 heteroatoms. The standard InChI is InChI=1S/C13H9ClF2O3S/c14-20(17,18)13-6-5-11(7-12(13)16)19-8-9-1-3-10(15)4-2-9/h1-7H,8H2. The number of halogens is 3. The van der Waals surface area contributed by atoms with Crippen LogP contribution in [0.5, 0.6) is 5.75 Å². The average Bonchev–Trinajstić information content (AvgIpc) is 2.36. The summed E-state index contributed by atoms with van der Waals surface area (Å²) >= 11 is 0. The first-order valence-corrected chi connectivity index (χ1v) is 7.78. The number of ether oxygens (including phenoxy) is 1. The van der Waals surface area contributed by atoms with Gasteiger partial charge in [-0.05, 0) is 29.8 Å². The van der Waals surface area contributed by atoms with Gasteiger partial charge in [0.1, 0.15) is 28.9 Å². The van der Waals surface area contributed by atoms with Crippen molar-refractivity contribution in [1.82, 2.24) is 0 Å². The van der Waals surface area contributed by atoms with Gasteiger partial charge in [-0.2, -0.15) is 0 Å². The Balaban J connectivity index is 2.11. The predicted octanol–water partition coefficient (Wildman–Crippen LogP) is 3.47. The van der Waals surface area contributed by atoms with Gasteiger partial charge in [0, 0.05) is 16.7 Å². The van der Waals surface area contributed by atoms with Crippen LogP contribution in [-0.2, 0) is 15.7 Å². The largest absolute Gasteiger partial charge is 0.489 e. The monoisotopic (exact) mass is 318 g/mol. The van der Waals surface area contributed by atoms with Crippen molar-refractivity contribution in [2.24, 2.45) is 0 Å². The quantitative estimate of drug-likeness (QED) is 0.811. The molecule has 0 aliphatic carbocycles. The smallest absolute Gasteiger partial charge is 0.264 e. The van der Waals surface area contributed by atoms with Gasteiger partial charge in [-0.3, -0.25) is 0 Å². The summed E-state index contributed by atoms with van der Waals surface area (Å²) in [6.45, 7) is 0.104. The zero-order valence-electron chi connectivity index (χ0n) is 10.0. The van der Waals surface area contributed by atoms with Gasteiger partial charge in [0.05, 0.1) is 0 Å². The van der Waals surface area contributed by atoms with Crippen LogP contribution in [0.3, 0.4) is 0 Å². The lowest BCUT2D eigenvalue weighted by molar-refractivity contribution is 0.304. The zero-order valence-corrected chi connectivity index (χ0v) is 11.6. The molecule has 0 saturated heterocycles. The topological polar surface area (TPSA) is 43.4 Å². The van der Waals surface area contributed by atoms with E-state index in [0.29, 0.717) is 5.56 Å². The normalized spacial score (nSPS) is 11.3. The van der Waals surface area contributed by atoms with Crippen LogP contribution in [0.1, 0.15) is 5.56 Å². The van der Waals surface area contributed by atoms with E-state index in [-0.39, 0.29) is 18.2 Å². The number of benzene rings is 2. The molecular formula is C13H9ClF2O3S. The molecule has 0 aliphatic heterocycles. The number of hydrogen-bond acceptors (Lipinski definition) is 3. The first kappa shape index (κ1) is 14.7. The third kappa shape index (κ3) is 3.68. The molecule has 2 rings (SSSR count). The fourth-order valence-electron chi connectivity index (χ4n) is 1.52. The zero-order chi connectivity index (χ0) is 14.8. The molecule has 0 saturated carbocycles. The second kappa shape index (κ2) is 5.76. The third-order valence-electron chi connectivity index (χ3n) is 2.48. The lowest BCUT2D eigenvalue weighted by Gasteiger charge is -2.07. The van der Waals surface area contributed by atoms with Gasteiger partial charge in [-0.1, -0.05) is 12.1 Å². The second-order valence-corrected chi connectivity index (χ2v) is 6.48. The predicted molar refractivity (Wildman–Crippen MR) is 70.2 cm³/mol. The van der Waals surface area contributed by atoms with Crippen LogP contribution in [0, 0.1) is 11.6 Å². The molecule has 0 aromatic heterocycles. The van der Waals surface area contributed by atoms with Crippen molar-refractivity contribution < 1.29 is 21.9 Å². The lowest BCUT2D eigenvalue weighted by atomic mass is 10.2. The fourth-order valence-corrected chi connectivity index (χ4v) is 2.41. The molecule has 0 bridgehead atoms. The average molecular weight is 319 g/mol.